The Morgan fingerprint density at radius 2 is 2.18 bits per heavy atom. The summed E-state index contributed by atoms with van der Waals surface area (Å²) < 4.78 is 0. The van der Waals surface area contributed by atoms with Crippen LogP contribution in [0.15, 0.2) is 18.3 Å². The average Bonchev–Trinajstić information content (AvgIpc) is 2.25. The molecule has 0 aromatic carbocycles. The molecule has 1 aromatic rings. The second-order valence-corrected chi connectivity index (χ2v) is 4.31. The smallest absolute Gasteiger partial charge is 0.317 e. The number of carboxylic acids is 1. The molecule has 1 unspecified atom stereocenters. The van der Waals surface area contributed by atoms with E-state index in [9.17, 15) is 4.79 Å². The number of hydrogen-bond donors (Lipinski definition) is 2. The number of pyridine rings is 1. The second-order valence-electron chi connectivity index (χ2n) is 4.31. The fourth-order valence-corrected chi connectivity index (χ4v) is 1.88. The van der Waals surface area contributed by atoms with E-state index in [1.165, 1.54) is 0 Å². The van der Waals surface area contributed by atoms with E-state index in [1.54, 1.807) is 6.20 Å². The molecule has 94 valence electrons. The summed E-state index contributed by atoms with van der Waals surface area (Å²) in [5.74, 6) is -0.385. The SMILES string of the molecule is CC(C)N(CC(=O)O)C(C)c1cccnc1N. The number of aromatic nitrogens is 1. The quantitative estimate of drug-likeness (QED) is 0.811. The summed E-state index contributed by atoms with van der Waals surface area (Å²) in [6, 6.07) is 3.74. The van der Waals surface area contributed by atoms with Gasteiger partial charge in [0, 0.05) is 23.8 Å². The summed E-state index contributed by atoms with van der Waals surface area (Å²) in [4.78, 5) is 16.7. The van der Waals surface area contributed by atoms with Crippen LogP contribution in [0.1, 0.15) is 32.4 Å². The fraction of sp³-hybridized carbons (Fsp3) is 0.500. The predicted octanol–water partition coefficient (Wildman–Crippen LogP) is 1.52. The van der Waals surface area contributed by atoms with Crippen molar-refractivity contribution in [2.24, 2.45) is 0 Å². The van der Waals surface area contributed by atoms with Crippen molar-refractivity contribution in [3.8, 4) is 0 Å². The zero-order chi connectivity index (χ0) is 13.0. The lowest BCUT2D eigenvalue weighted by atomic mass is 10.1. The largest absolute Gasteiger partial charge is 0.480 e. The Bertz CT molecular complexity index is 393. The Balaban J connectivity index is 2.95. The molecule has 0 aliphatic rings. The van der Waals surface area contributed by atoms with Gasteiger partial charge in [0.1, 0.15) is 5.82 Å². The highest BCUT2D eigenvalue weighted by Gasteiger charge is 2.22. The number of nitrogens with two attached hydrogens (primary N) is 1. The van der Waals surface area contributed by atoms with Crippen molar-refractivity contribution in [3.63, 3.8) is 0 Å². The molecule has 0 saturated carbocycles. The minimum atomic E-state index is -0.840. The molecule has 5 heteroatoms. The van der Waals surface area contributed by atoms with E-state index in [0.717, 1.165) is 5.56 Å². The third-order valence-corrected chi connectivity index (χ3v) is 2.80. The predicted molar refractivity (Wildman–Crippen MR) is 66.5 cm³/mol. The molecule has 0 amide bonds. The Morgan fingerprint density at radius 3 is 2.65 bits per heavy atom. The molecule has 0 saturated heterocycles. The molecule has 17 heavy (non-hydrogen) atoms. The van der Waals surface area contributed by atoms with Crippen LogP contribution in [0.25, 0.3) is 0 Å². The van der Waals surface area contributed by atoms with E-state index in [-0.39, 0.29) is 18.6 Å². The lowest BCUT2D eigenvalue weighted by Gasteiger charge is -2.31. The summed E-state index contributed by atoms with van der Waals surface area (Å²) in [7, 11) is 0. The average molecular weight is 237 g/mol. The number of carbonyl (C=O) groups is 1. The van der Waals surface area contributed by atoms with E-state index in [1.807, 2.05) is 37.8 Å². The monoisotopic (exact) mass is 237 g/mol. The molecule has 0 aliphatic carbocycles. The van der Waals surface area contributed by atoms with Crippen molar-refractivity contribution in [2.45, 2.75) is 32.9 Å². The lowest BCUT2D eigenvalue weighted by molar-refractivity contribution is -0.139. The molecule has 3 N–H and O–H groups in total. The van der Waals surface area contributed by atoms with Crippen LogP contribution in [0.4, 0.5) is 5.82 Å². The third kappa shape index (κ3) is 3.42. The summed E-state index contributed by atoms with van der Waals surface area (Å²) >= 11 is 0. The molecule has 0 radical (unpaired) electrons. The maximum atomic E-state index is 10.8. The van der Waals surface area contributed by atoms with Crippen molar-refractivity contribution in [1.82, 2.24) is 9.88 Å². The lowest BCUT2D eigenvalue weighted by Crippen LogP contribution is -2.38. The third-order valence-electron chi connectivity index (χ3n) is 2.80. The summed E-state index contributed by atoms with van der Waals surface area (Å²) in [6.45, 7) is 5.86. The summed E-state index contributed by atoms with van der Waals surface area (Å²) in [6.07, 6.45) is 1.63. The number of anilines is 1. The van der Waals surface area contributed by atoms with Crippen LogP contribution >= 0.6 is 0 Å². The second kappa shape index (κ2) is 5.63. The Morgan fingerprint density at radius 1 is 1.53 bits per heavy atom. The van der Waals surface area contributed by atoms with Gasteiger partial charge < -0.3 is 10.8 Å². The molecule has 0 aliphatic heterocycles. The molecule has 0 bridgehead atoms. The first-order valence-electron chi connectivity index (χ1n) is 5.61. The van der Waals surface area contributed by atoms with Crippen LogP contribution in [0, 0.1) is 0 Å². The highest BCUT2D eigenvalue weighted by Crippen LogP contribution is 2.25. The zero-order valence-electron chi connectivity index (χ0n) is 10.4. The minimum absolute atomic E-state index is 0.00678. The van der Waals surface area contributed by atoms with Crippen molar-refractivity contribution < 1.29 is 9.90 Å². The van der Waals surface area contributed by atoms with E-state index in [4.69, 9.17) is 10.8 Å². The van der Waals surface area contributed by atoms with Crippen LogP contribution in [-0.4, -0.2) is 33.5 Å². The number of hydrogen-bond acceptors (Lipinski definition) is 4. The number of rotatable bonds is 5. The molecule has 5 nitrogen and oxygen atoms in total. The first kappa shape index (κ1) is 13.4. The van der Waals surface area contributed by atoms with Gasteiger partial charge >= 0.3 is 5.97 Å². The Hall–Kier alpha value is -1.62. The van der Waals surface area contributed by atoms with Crippen molar-refractivity contribution in [3.05, 3.63) is 23.9 Å². The van der Waals surface area contributed by atoms with Gasteiger partial charge in [0.2, 0.25) is 0 Å². The van der Waals surface area contributed by atoms with Gasteiger partial charge in [0.25, 0.3) is 0 Å². The van der Waals surface area contributed by atoms with Gasteiger partial charge in [-0.25, -0.2) is 4.98 Å². The van der Waals surface area contributed by atoms with E-state index in [0.29, 0.717) is 5.82 Å². The molecule has 1 aromatic heterocycles. The van der Waals surface area contributed by atoms with E-state index in [2.05, 4.69) is 4.98 Å². The molecule has 0 fully saturated rings. The van der Waals surface area contributed by atoms with Gasteiger partial charge in [0.15, 0.2) is 0 Å². The summed E-state index contributed by atoms with van der Waals surface area (Å²) in [5.41, 5.74) is 6.67. The van der Waals surface area contributed by atoms with Gasteiger partial charge in [-0.3, -0.25) is 9.69 Å². The molecular weight excluding hydrogens is 218 g/mol. The number of nitrogens with zero attached hydrogens (tertiary/aromatic N) is 2. The molecular formula is C12H19N3O2. The Labute approximate surface area is 101 Å². The van der Waals surface area contributed by atoms with E-state index >= 15 is 0 Å². The van der Waals surface area contributed by atoms with Crippen LogP contribution in [-0.2, 0) is 4.79 Å². The van der Waals surface area contributed by atoms with Crippen molar-refractivity contribution in [1.29, 1.82) is 0 Å². The van der Waals surface area contributed by atoms with Gasteiger partial charge in [-0.15, -0.1) is 0 Å². The molecule has 1 rings (SSSR count). The topological polar surface area (TPSA) is 79.5 Å². The standard InChI is InChI=1S/C12H19N3O2/c1-8(2)15(7-11(16)17)9(3)10-5-4-6-14-12(10)13/h4-6,8-9H,7H2,1-3H3,(H2,13,14)(H,16,17). The van der Waals surface area contributed by atoms with Crippen LogP contribution < -0.4 is 5.73 Å². The minimum Gasteiger partial charge on any atom is -0.480 e. The van der Waals surface area contributed by atoms with Crippen molar-refractivity contribution in [2.75, 3.05) is 12.3 Å². The number of aliphatic carboxylic acids is 1. The van der Waals surface area contributed by atoms with Crippen molar-refractivity contribution >= 4 is 11.8 Å². The van der Waals surface area contributed by atoms with Gasteiger partial charge in [-0.05, 0) is 26.8 Å². The zero-order valence-corrected chi connectivity index (χ0v) is 10.4. The number of nitrogen functional groups attached to an aromatic ring is 1. The van der Waals surface area contributed by atoms with Gasteiger partial charge in [-0.2, -0.15) is 0 Å². The van der Waals surface area contributed by atoms with Gasteiger partial charge in [-0.1, -0.05) is 6.07 Å². The Kier molecular flexibility index (Phi) is 4.45. The van der Waals surface area contributed by atoms with Crippen LogP contribution in [0.2, 0.25) is 0 Å². The highest BCUT2D eigenvalue weighted by molar-refractivity contribution is 5.69. The van der Waals surface area contributed by atoms with Gasteiger partial charge in [0.05, 0.1) is 6.54 Å². The first-order chi connectivity index (χ1) is 7.93. The number of carboxylic acid groups (broad SMARTS) is 1. The van der Waals surface area contributed by atoms with Crippen LogP contribution in [0.3, 0.4) is 0 Å². The fourth-order valence-electron chi connectivity index (χ4n) is 1.88. The first-order valence-corrected chi connectivity index (χ1v) is 5.61. The molecule has 1 heterocycles. The molecule has 0 spiro atoms. The van der Waals surface area contributed by atoms with Crippen LogP contribution in [0.5, 0.6) is 0 Å². The highest BCUT2D eigenvalue weighted by atomic mass is 16.4. The summed E-state index contributed by atoms with van der Waals surface area (Å²) in [5, 5.41) is 8.91. The van der Waals surface area contributed by atoms with E-state index < -0.39 is 5.97 Å². The maximum Gasteiger partial charge on any atom is 0.317 e. The molecule has 1 atom stereocenters. The normalized spacial score (nSPS) is 13.0. The maximum absolute atomic E-state index is 10.8.